The van der Waals surface area contributed by atoms with E-state index in [4.69, 9.17) is 15.0 Å². The molecule has 0 spiro atoms. The molecule has 0 saturated heterocycles. The highest BCUT2D eigenvalue weighted by Gasteiger charge is 2.18. The number of aromatic nitrogens is 1. The predicted octanol–water partition coefficient (Wildman–Crippen LogP) is 3.06. The number of rotatable bonds is 3. The van der Waals surface area contributed by atoms with Crippen LogP contribution in [0.5, 0.6) is 5.75 Å². The molecule has 2 aromatic rings. The number of nitrogen functional groups attached to an aromatic ring is 1. The van der Waals surface area contributed by atoms with Gasteiger partial charge in [-0.1, -0.05) is 31.1 Å². The monoisotopic (exact) mass is 232 g/mol. The number of methoxy groups -OCH3 is 1. The molecule has 1 aromatic heterocycles. The molecule has 0 radical (unpaired) electrons. The second kappa shape index (κ2) is 4.49. The fourth-order valence-electron chi connectivity index (χ4n) is 1.84. The molecule has 0 saturated carbocycles. The van der Waals surface area contributed by atoms with Crippen molar-refractivity contribution < 1.29 is 9.26 Å². The third kappa shape index (κ3) is 2.11. The highest BCUT2D eigenvalue weighted by molar-refractivity contribution is 5.68. The molecule has 90 valence electrons. The van der Waals surface area contributed by atoms with Gasteiger partial charge in [0, 0.05) is 11.1 Å². The van der Waals surface area contributed by atoms with E-state index >= 15 is 0 Å². The highest BCUT2D eigenvalue weighted by Crippen LogP contribution is 2.34. The van der Waals surface area contributed by atoms with Crippen molar-refractivity contribution in [3.8, 4) is 17.1 Å². The summed E-state index contributed by atoms with van der Waals surface area (Å²) in [5.74, 6) is 2.23. The summed E-state index contributed by atoms with van der Waals surface area (Å²) in [5.41, 5.74) is 7.68. The second-order valence-electron chi connectivity index (χ2n) is 4.20. The summed E-state index contributed by atoms with van der Waals surface area (Å²) in [6.45, 7) is 4.12. The van der Waals surface area contributed by atoms with E-state index in [1.54, 1.807) is 7.11 Å². The normalized spacial score (nSPS) is 10.8. The summed E-state index contributed by atoms with van der Waals surface area (Å²) in [4.78, 5) is 0. The second-order valence-corrected chi connectivity index (χ2v) is 4.20. The van der Waals surface area contributed by atoms with Crippen molar-refractivity contribution in [3.05, 3.63) is 29.8 Å². The van der Waals surface area contributed by atoms with Crippen LogP contribution in [0.1, 0.15) is 25.3 Å². The van der Waals surface area contributed by atoms with E-state index in [9.17, 15) is 0 Å². The summed E-state index contributed by atoms with van der Waals surface area (Å²) in [5, 5.41) is 3.83. The molecule has 0 atom stereocenters. The van der Waals surface area contributed by atoms with Gasteiger partial charge in [0.2, 0.25) is 0 Å². The van der Waals surface area contributed by atoms with Gasteiger partial charge in [-0.15, -0.1) is 0 Å². The fourth-order valence-corrected chi connectivity index (χ4v) is 1.84. The van der Waals surface area contributed by atoms with Gasteiger partial charge in [0.1, 0.15) is 5.75 Å². The third-order valence-corrected chi connectivity index (χ3v) is 2.67. The molecular formula is C13H16N2O2. The zero-order chi connectivity index (χ0) is 12.4. The van der Waals surface area contributed by atoms with Crippen molar-refractivity contribution in [1.29, 1.82) is 0 Å². The van der Waals surface area contributed by atoms with E-state index in [-0.39, 0.29) is 5.92 Å². The van der Waals surface area contributed by atoms with Gasteiger partial charge in [0.25, 0.3) is 0 Å². The van der Waals surface area contributed by atoms with Gasteiger partial charge in [-0.25, -0.2) is 0 Å². The van der Waals surface area contributed by atoms with Gasteiger partial charge in [0.15, 0.2) is 11.6 Å². The third-order valence-electron chi connectivity index (χ3n) is 2.67. The number of ether oxygens (including phenoxy) is 1. The van der Waals surface area contributed by atoms with Crippen LogP contribution in [0.2, 0.25) is 0 Å². The molecule has 4 heteroatoms. The fraction of sp³-hybridized carbons (Fsp3) is 0.308. The molecule has 17 heavy (non-hydrogen) atoms. The Morgan fingerprint density at radius 3 is 2.76 bits per heavy atom. The van der Waals surface area contributed by atoms with E-state index in [1.807, 2.05) is 24.3 Å². The summed E-state index contributed by atoms with van der Waals surface area (Å²) >= 11 is 0. The Kier molecular flexibility index (Phi) is 3.04. The average molecular weight is 232 g/mol. The molecule has 1 aromatic carbocycles. The zero-order valence-corrected chi connectivity index (χ0v) is 10.2. The number of nitrogens with zero attached hydrogens (tertiary/aromatic N) is 1. The van der Waals surface area contributed by atoms with Gasteiger partial charge < -0.3 is 15.0 Å². The first-order chi connectivity index (χ1) is 8.13. The quantitative estimate of drug-likeness (QED) is 0.883. The maximum Gasteiger partial charge on any atom is 0.172 e. The standard InChI is InChI=1S/C13H16N2O2/c1-8(2)11-12(17-15-13(11)14)9-5-4-6-10(7-9)16-3/h4-8H,1-3H3,(H2,14,15). The smallest absolute Gasteiger partial charge is 0.172 e. The summed E-state index contributed by atoms with van der Waals surface area (Å²) in [6.07, 6.45) is 0. The van der Waals surface area contributed by atoms with Crippen LogP contribution in [-0.4, -0.2) is 12.3 Å². The number of hydrogen-bond acceptors (Lipinski definition) is 4. The van der Waals surface area contributed by atoms with E-state index in [1.165, 1.54) is 0 Å². The van der Waals surface area contributed by atoms with Gasteiger partial charge in [-0.05, 0) is 18.1 Å². The minimum atomic E-state index is 0.266. The molecule has 2 rings (SSSR count). The Labute approximate surface area is 100 Å². The average Bonchev–Trinajstić information content (AvgIpc) is 2.71. The summed E-state index contributed by atoms with van der Waals surface area (Å²) in [6, 6.07) is 7.66. The highest BCUT2D eigenvalue weighted by atomic mass is 16.5. The summed E-state index contributed by atoms with van der Waals surface area (Å²) in [7, 11) is 1.64. The van der Waals surface area contributed by atoms with Crippen LogP contribution < -0.4 is 10.5 Å². The molecule has 0 aliphatic rings. The van der Waals surface area contributed by atoms with E-state index in [0.29, 0.717) is 5.82 Å². The van der Waals surface area contributed by atoms with Crippen molar-refractivity contribution in [2.45, 2.75) is 19.8 Å². The first kappa shape index (κ1) is 11.5. The molecule has 0 amide bonds. The Balaban J connectivity index is 2.52. The van der Waals surface area contributed by atoms with Crippen LogP contribution in [-0.2, 0) is 0 Å². The van der Waals surface area contributed by atoms with Crippen LogP contribution in [0.15, 0.2) is 28.8 Å². The molecular weight excluding hydrogens is 216 g/mol. The Morgan fingerprint density at radius 2 is 2.12 bits per heavy atom. The molecule has 4 nitrogen and oxygen atoms in total. The Hall–Kier alpha value is -1.97. The summed E-state index contributed by atoms with van der Waals surface area (Å²) < 4.78 is 10.5. The van der Waals surface area contributed by atoms with Gasteiger partial charge in [-0.3, -0.25) is 0 Å². The van der Waals surface area contributed by atoms with Crippen LogP contribution >= 0.6 is 0 Å². The zero-order valence-electron chi connectivity index (χ0n) is 10.2. The lowest BCUT2D eigenvalue weighted by atomic mass is 9.99. The minimum Gasteiger partial charge on any atom is -0.497 e. The van der Waals surface area contributed by atoms with Crippen molar-refractivity contribution in [3.63, 3.8) is 0 Å². The van der Waals surface area contributed by atoms with Crippen LogP contribution in [0.4, 0.5) is 5.82 Å². The minimum absolute atomic E-state index is 0.266. The number of nitrogens with two attached hydrogens (primary N) is 1. The van der Waals surface area contributed by atoms with Crippen molar-refractivity contribution in [1.82, 2.24) is 5.16 Å². The molecule has 2 N–H and O–H groups in total. The SMILES string of the molecule is COc1cccc(-c2onc(N)c2C(C)C)c1. The molecule has 0 bridgehead atoms. The van der Waals surface area contributed by atoms with Crippen molar-refractivity contribution >= 4 is 5.82 Å². The van der Waals surface area contributed by atoms with Crippen LogP contribution in [0.25, 0.3) is 11.3 Å². The largest absolute Gasteiger partial charge is 0.497 e. The lowest BCUT2D eigenvalue weighted by Crippen LogP contribution is -1.95. The maximum atomic E-state index is 5.81. The Bertz CT molecular complexity index is 518. The van der Waals surface area contributed by atoms with Crippen molar-refractivity contribution in [2.75, 3.05) is 12.8 Å². The lowest BCUT2D eigenvalue weighted by molar-refractivity contribution is 0.413. The lowest BCUT2D eigenvalue weighted by Gasteiger charge is -2.06. The van der Waals surface area contributed by atoms with Gasteiger partial charge in [0.05, 0.1) is 7.11 Å². The molecule has 0 aliphatic heterocycles. The topological polar surface area (TPSA) is 61.3 Å². The number of hydrogen-bond donors (Lipinski definition) is 1. The first-order valence-corrected chi connectivity index (χ1v) is 5.53. The van der Waals surface area contributed by atoms with E-state index < -0.39 is 0 Å². The van der Waals surface area contributed by atoms with E-state index in [0.717, 1.165) is 22.6 Å². The molecule has 0 unspecified atom stereocenters. The number of anilines is 1. The maximum absolute atomic E-state index is 5.81. The first-order valence-electron chi connectivity index (χ1n) is 5.53. The van der Waals surface area contributed by atoms with E-state index in [2.05, 4.69) is 19.0 Å². The predicted molar refractivity (Wildman–Crippen MR) is 67.0 cm³/mol. The molecule has 0 fully saturated rings. The van der Waals surface area contributed by atoms with Crippen LogP contribution in [0, 0.1) is 0 Å². The Morgan fingerprint density at radius 1 is 1.35 bits per heavy atom. The van der Waals surface area contributed by atoms with Crippen LogP contribution in [0.3, 0.4) is 0 Å². The van der Waals surface area contributed by atoms with Crippen molar-refractivity contribution in [2.24, 2.45) is 0 Å². The van der Waals surface area contributed by atoms with Gasteiger partial charge >= 0.3 is 0 Å². The molecule has 1 heterocycles. The molecule has 0 aliphatic carbocycles. The number of benzene rings is 1. The van der Waals surface area contributed by atoms with Gasteiger partial charge in [-0.2, -0.15) is 0 Å².